The maximum absolute atomic E-state index is 10.9. The van der Waals surface area contributed by atoms with E-state index < -0.39 is 10.9 Å². The van der Waals surface area contributed by atoms with Gasteiger partial charge in [-0.2, -0.15) is 0 Å². The van der Waals surface area contributed by atoms with Crippen molar-refractivity contribution in [3.63, 3.8) is 0 Å². The standard InChI is InChI=1S/C12H16N2O5/c1-9-10(4-3-5-11(9)14(17)18)13(6-7-19-2)8-12(15)16/h3-5H,6-8H2,1-2H3,(H,15,16). The molecule has 0 saturated heterocycles. The summed E-state index contributed by atoms with van der Waals surface area (Å²) < 4.78 is 4.92. The number of rotatable bonds is 7. The van der Waals surface area contributed by atoms with E-state index in [0.717, 1.165) is 0 Å². The Balaban J connectivity index is 3.10. The van der Waals surface area contributed by atoms with Crippen molar-refractivity contribution < 1.29 is 19.6 Å². The molecule has 104 valence electrons. The minimum absolute atomic E-state index is 0.0229. The van der Waals surface area contributed by atoms with Crippen LogP contribution in [0, 0.1) is 17.0 Å². The summed E-state index contributed by atoms with van der Waals surface area (Å²) in [6.45, 7) is 2.07. The number of nitro groups is 1. The molecule has 0 unspecified atom stereocenters. The Morgan fingerprint density at radius 2 is 2.21 bits per heavy atom. The number of hydrogen-bond donors (Lipinski definition) is 1. The number of benzene rings is 1. The highest BCUT2D eigenvalue weighted by atomic mass is 16.6. The Bertz CT molecular complexity index is 475. The van der Waals surface area contributed by atoms with Gasteiger partial charge in [-0.25, -0.2) is 0 Å². The van der Waals surface area contributed by atoms with Gasteiger partial charge in [-0.15, -0.1) is 0 Å². The maximum atomic E-state index is 10.9. The Labute approximate surface area is 110 Å². The summed E-state index contributed by atoms with van der Waals surface area (Å²) in [5.41, 5.74) is 0.962. The second-order valence-electron chi connectivity index (χ2n) is 3.99. The SMILES string of the molecule is COCCN(CC(=O)O)c1cccc([N+](=O)[O-])c1C. The van der Waals surface area contributed by atoms with Crippen molar-refractivity contribution in [2.24, 2.45) is 0 Å². The van der Waals surface area contributed by atoms with E-state index in [2.05, 4.69) is 0 Å². The van der Waals surface area contributed by atoms with Crippen LogP contribution in [0.1, 0.15) is 5.56 Å². The third-order valence-electron chi connectivity index (χ3n) is 2.71. The first-order valence-corrected chi connectivity index (χ1v) is 5.67. The van der Waals surface area contributed by atoms with Gasteiger partial charge >= 0.3 is 5.97 Å². The molecule has 7 nitrogen and oxygen atoms in total. The van der Waals surface area contributed by atoms with E-state index in [1.54, 1.807) is 24.0 Å². The Hall–Kier alpha value is -2.15. The molecule has 0 saturated carbocycles. The van der Waals surface area contributed by atoms with Gasteiger partial charge in [0.05, 0.1) is 17.1 Å². The van der Waals surface area contributed by atoms with Gasteiger partial charge in [-0.3, -0.25) is 14.9 Å². The third kappa shape index (κ3) is 3.92. The first kappa shape index (κ1) is 14.9. The number of carbonyl (C=O) groups is 1. The van der Waals surface area contributed by atoms with E-state index in [-0.39, 0.29) is 12.2 Å². The minimum atomic E-state index is -0.998. The smallest absolute Gasteiger partial charge is 0.323 e. The Morgan fingerprint density at radius 1 is 1.53 bits per heavy atom. The van der Waals surface area contributed by atoms with Crippen molar-refractivity contribution in [3.8, 4) is 0 Å². The monoisotopic (exact) mass is 268 g/mol. The summed E-state index contributed by atoms with van der Waals surface area (Å²) in [5, 5.41) is 19.8. The molecule has 19 heavy (non-hydrogen) atoms. The van der Waals surface area contributed by atoms with Crippen LogP contribution >= 0.6 is 0 Å². The molecule has 1 N–H and O–H groups in total. The van der Waals surface area contributed by atoms with E-state index >= 15 is 0 Å². The number of methoxy groups -OCH3 is 1. The minimum Gasteiger partial charge on any atom is -0.480 e. The molecule has 0 amide bonds. The van der Waals surface area contributed by atoms with Gasteiger partial charge < -0.3 is 14.7 Å². The van der Waals surface area contributed by atoms with Crippen molar-refractivity contribution in [2.45, 2.75) is 6.92 Å². The lowest BCUT2D eigenvalue weighted by Crippen LogP contribution is -2.33. The fourth-order valence-electron chi connectivity index (χ4n) is 1.80. The summed E-state index contributed by atoms with van der Waals surface area (Å²) in [6.07, 6.45) is 0. The fraction of sp³-hybridized carbons (Fsp3) is 0.417. The molecule has 0 atom stereocenters. The highest BCUT2D eigenvalue weighted by Gasteiger charge is 2.19. The lowest BCUT2D eigenvalue weighted by molar-refractivity contribution is -0.385. The van der Waals surface area contributed by atoms with Crippen molar-refractivity contribution in [1.29, 1.82) is 0 Å². The molecule has 1 aromatic carbocycles. The molecule has 1 aromatic rings. The van der Waals surface area contributed by atoms with Crippen LogP contribution in [-0.2, 0) is 9.53 Å². The first-order valence-electron chi connectivity index (χ1n) is 5.67. The Morgan fingerprint density at radius 3 is 2.74 bits per heavy atom. The number of aliphatic carboxylic acids is 1. The highest BCUT2D eigenvalue weighted by molar-refractivity contribution is 5.75. The zero-order chi connectivity index (χ0) is 14.4. The van der Waals surface area contributed by atoms with Gasteiger partial charge in [0.2, 0.25) is 0 Å². The molecule has 0 radical (unpaired) electrons. The molecule has 7 heteroatoms. The molecule has 0 aliphatic heterocycles. The van der Waals surface area contributed by atoms with Crippen LogP contribution in [0.15, 0.2) is 18.2 Å². The van der Waals surface area contributed by atoms with Crippen LogP contribution in [0.2, 0.25) is 0 Å². The summed E-state index contributed by atoms with van der Waals surface area (Å²) in [5.74, 6) is -0.998. The average Bonchev–Trinajstić information content (AvgIpc) is 2.34. The normalized spacial score (nSPS) is 10.2. The molecule has 0 spiro atoms. The van der Waals surface area contributed by atoms with Crippen LogP contribution in [0.25, 0.3) is 0 Å². The molecule has 0 aromatic heterocycles. The van der Waals surface area contributed by atoms with Gasteiger partial charge in [0.15, 0.2) is 0 Å². The van der Waals surface area contributed by atoms with E-state index in [1.807, 2.05) is 0 Å². The van der Waals surface area contributed by atoms with Crippen molar-refractivity contribution in [3.05, 3.63) is 33.9 Å². The predicted molar refractivity (Wildman–Crippen MR) is 69.6 cm³/mol. The third-order valence-corrected chi connectivity index (χ3v) is 2.71. The molecule has 0 heterocycles. The lowest BCUT2D eigenvalue weighted by Gasteiger charge is -2.24. The van der Waals surface area contributed by atoms with Crippen LogP contribution < -0.4 is 4.90 Å². The number of nitrogens with zero attached hydrogens (tertiary/aromatic N) is 2. The number of carboxylic acids is 1. The molecule has 0 aliphatic rings. The molecule has 1 rings (SSSR count). The summed E-state index contributed by atoms with van der Waals surface area (Å²) >= 11 is 0. The zero-order valence-corrected chi connectivity index (χ0v) is 10.8. The predicted octanol–water partition coefficient (Wildman–Crippen LogP) is 1.44. The molecule has 0 fully saturated rings. The Kier molecular flexibility index (Phi) is 5.25. The van der Waals surface area contributed by atoms with Gasteiger partial charge in [-0.05, 0) is 13.0 Å². The first-order chi connectivity index (χ1) is 8.97. The number of anilines is 1. The summed E-state index contributed by atoms with van der Waals surface area (Å²) in [4.78, 5) is 22.8. The molecular formula is C12H16N2O5. The summed E-state index contributed by atoms with van der Waals surface area (Å²) in [6, 6.07) is 4.61. The molecule has 0 aliphatic carbocycles. The lowest BCUT2D eigenvalue weighted by atomic mass is 10.1. The van der Waals surface area contributed by atoms with Gasteiger partial charge in [0, 0.05) is 25.4 Å². The second kappa shape index (κ2) is 6.69. The molecular weight excluding hydrogens is 252 g/mol. The van der Waals surface area contributed by atoms with Crippen molar-refractivity contribution >= 4 is 17.3 Å². The summed E-state index contributed by atoms with van der Waals surface area (Å²) in [7, 11) is 1.51. The van der Waals surface area contributed by atoms with Crippen LogP contribution in [-0.4, -0.2) is 42.8 Å². The zero-order valence-electron chi connectivity index (χ0n) is 10.8. The maximum Gasteiger partial charge on any atom is 0.323 e. The van der Waals surface area contributed by atoms with E-state index in [0.29, 0.717) is 24.4 Å². The highest BCUT2D eigenvalue weighted by Crippen LogP contribution is 2.28. The van der Waals surface area contributed by atoms with Crippen molar-refractivity contribution in [2.75, 3.05) is 31.7 Å². The van der Waals surface area contributed by atoms with Gasteiger partial charge in [0.1, 0.15) is 6.54 Å². The van der Waals surface area contributed by atoms with E-state index in [1.165, 1.54) is 13.2 Å². The average molecular weight is 268 g/mol. The quantitative estimate of drug-likeness (QED) is 0.594. The number of nitro benzene ring substituents is 1. The van der Waals surface area contributed by atoms with E-state index in [4.69, 9.17) is 9.84 Å². The molecule has 0 bridgehead atoms. The fourth-order valence-corrected chi connectivity index (χ4v) is 1.80. The number of carboxylic acid groups (broad SMARTS) is 1. The topological polar surface area (TPSA) is 92.9 Å². The number of ether oxygens (including phenoxy) is 1. The van der Waals surface area contributed by atoms with Crippen LogP contribution in [0.3, 0.4) is 0 Å². The van der Waals surface area contributed by atoms with Gasteiger partial charge in [-0.1, -0.05) is 6.07 Å². The number of hydrogen-bond acceptors (Lipinski definition) is 5. The largest absolute Gasteiger partial charge is 0.480 e. The van der Waals surface area contributed by atoms with E-state index in [9.17, 15) is 14.9 Å². The van der Waals surface area contributed by atoms with Crippen molar-refractivity contribution in [1.82, 2.24) is 0 Å². The van der Waals surface area contributed by atoms with Crippen LogP contribution in [0.5, 0.6) is 0 Å². The van der Waals surface area contributed by atoms with Crippen LogP contribution in [0.4, 0.5) is 11.4 Å². The van der Waals surface area contributed by atoms with Gasteiger partial charge in [0.25, 0.3) is 5.69 Å². The second-order valence-corrected chi connectivity index (χ2v) is 3.99.